The molecule has 0 aliphatic heterocycles. The van der Waals surface area contributed by atoms with Crippen LogP contribution in [0.4, 0.5) is 5.69 Å². The fourth-order valence-corrected chi connectivity index (χ4v) is 1.67. The summed E-state index contributed by atoms with van der Waals surface area (Å²) < 4.78 is 0. The van der Waals surface area contributed by atoms with Crippen molar-refractivity contribution in [3.63, 3.8) is 0 Å². The highest BCUT2D eigenvalue weighted by atomic mass is 16.2. The molecular formula is C15H23N3O2. The molecule has 0 spiro atoms. The molecule has 0 heterocycles. The van der Waals surface area contributed by atoms with E-state index >= 15 is 0 Å². The summed E-state index contributed by atoms with van der Waals surface area (Å²) in [5.74, 6) is -0.298. The lowest BCUT2D eigenvalue weighted by Crippen LogP contribution is -2.32. The fraction of sp³-hybridized carbons (Fsp3) is 0.467. The van der Waals surface area contributed by atoms with Crippen molar-refractivity contribution in [3.05, 3.63) is 29.8 Å². The lowest BCUT2D eigenvalue weighted by molar-refractivity contribution is -0.116. The van der Waals surface area contributed by atoms with E-state index in [9.17, 15) is 9.59 Å². The fourth-order valence-electron chi connectivity index (χ4n) is 1.67. The lowest BCUT2D eigenvalue weighted by Gasteiger charge is -2.14. The number of hydrogen-bond acceptors (Lipinski definition) is 3. The molecule has 0 bridgehead atoms. The SMILES string of the molecule is CCC(C)NC(=O)c1ccccc1NC(=O)CCCN. The van der Waals surface area contributed by atoms with Crippen LogP contribution in [0.3, 0.4) is 0 Å². The topological polar surface area (TPSA) is 84.2 Å². The van der Waals surface area contributed by atoms with Crippen LogP contribution in [0, 0.1) is 0 Å². The Morgan fingerprint density at radius 1 is 1.30 bits per heavy atom. The molecule has 0 aromatic heterocycles. The molecule has 4 N–H and O–H groups in total. The van der Waals surface area contributed by atoms with Crippen LogP contribution in [0.1, 0.15) is 43.5 Å². The number of carbonyl (C=O) groups is 2. The van der Waals surface area contributed by atoms with Gasteiger partial charge >= 0.3 is 0 Å². The van der Waals surface area contributed by atoms with Crippen LogP contribution in [0.15, 0.2) is 24.3 Å². The van der Waals surface area contributed by atoms with Crippen LogP contribution in [-0.4, -0.2) is 24.4 Å². The van der Waals surface area contributed by atoms with Crippen LogP contribution < -0.4 is 16.4 Å². The van der Waals surface area contributed by atoms with E-state index in [1.54, 1.807) is 24.3 Å². The molecule has 1 atom stereocenters. The number of anilines is 1. The third-order valence-electron chi connectivity index (χ3n) is 3.04. The third kappa shape index (κ3) is 5.01. The molecule has 0 aliphatic rings. The van der Waals surface area contributed by atoms with Crippen molar-refractivity contribution in [1.29, 1.82) is 0 Å². The van der Waals surface area contributed by atoms with Crippen LogP contribution in [-0.2, 0) is 4.79 Å². The van der Waals surface area contributed by atoms with Crippen molar-refractivity contribution >= 4 is 17.5 Å². The van der Waals surface area contributed by atoms with E-state index < -0.39 is 0 Å². The Labute approximate surface area is 119 Å². The summed E-state index contributed by atoms with van der Waals surface area (Å²) in [5, 5.41) is 5.65. The average molecular weight is 277 g/mol. The molecule has 0 fully saturated rings. The van der Waals surface area contributed by atoms with Crippen LogP contribution >= 0.6 is 0 Å². The molecule has 0 aliphatic carbocycles. The largest absolute Gasteiger partial charge is 0.350 e. The molecule has 110 valence electrons. The van der Waals surface area contributed by atoms with Gasteiger partial charge in [0.25, 0.3) is 5.91 Å². The summed E-state index contributed by atoms with van der Waals surface area (Å²) in [6.45, 7) is 4.43. The van der Waals surface area contributed by atoms with Gasteiger partial charge in [0.1, 0.15) is 0 Å². The van der Waals surface area contributed by atoms with Crippen molar-refractivity contribution in [2.75, 3.05) is 11.9 Å². The molecule has 1 aromatic carbocycles. The zero-order valence-corrected chi connectivity index (χ0v) is 12.1. The summed E-state index contributed by atoms with van der Waals surface area (Å²) in [6, 6.07) is 7.10. The molecule has 0 saturated heterocycles. The van der Waals surface area contributed by atoms with Gasteiger partial charge in [-0.1, -0.05) is 19.1 Å². The zero-order chi connectivity index (χ0) is 15.0. The molecule has 1 unspecified atom stereocenters. The van der Waals surface area contributed by atoms with E-state index in [4.69, 9.17) is 5.73 Å². The Morgan fingerprint density at radius 2 is 2.00 bits per heavy atom. The van der Waals surface area contributed by atoms with Gasteiger partial charge in [-0.25, -0.2) is 0 Å². The van der Waals surface area contributed by atoms with Gasteiger partial charge in [0.05, 0.1) is 11.3 Å². The minimum absolute atomic E-state index is 0.100. The molecule has 1 rings (SSSR count). The summed E-state index contributed by atoms with van der Waals surface area (Å²) in [4.78, 5) is 23.9. The minimum atomic E-state index is -0.172. The number of carbonyl (C=O) groups excluding carboxylic acids is 2. The molecule has 0 radical (unpaired) electrons. The van der Waals surface area contributed by atoms with Gasteiger partial charge in [0.15, 0.2) is 0 Å². The van der Waals surface area contributed by atoms with E-state index in [2.05, 4.69) is 10.6 Å². The standard InChI is InChI=1S/C15H23N3O2/c1-3-11(2)17-15(20)12-7-4-5-8-13(12)18-14(19)9-6-10-16/h4-5,7-8,11H,3,6,9-10,16H2,1-2H3,(H,17,20)(H,18,19). The highest BCUT2D eigenvalue weighted by Crippen LogP contribution is 2.15. The molecule has 2 amide bonds. The molecule has 5 nitrogen and oxygen atoms in total. The van der Waals surface area contributed by atoms with Gasteiger partial charge in [-0.15, -0.1) is 0 Å². The predicted octanol–water partition coefficient (Wildman–Crippen LogP) is 1.89. The Kier molecular flexibility index (Phi) is 6.73. The van der Waals surface area contributed by atoms with Crippen molar-refractivity contribution in [1.82, 2.24) is 5.32 Å². The first kappa shape index (κ1) is 16.2. The highest BCUT2D eigenvalue weighted by molar-refractivity contribution is 6.03. The highest BCUT2D eigenvalue weighted by Gasteiger charge is 2.14. The summed E-state index contributed by atoms with van der Waals surface area (Å²) in [5.41, 5.74) is 6.39. The second-order valence-corrected chi connectivity index (χ2v) is 4.77. The first-order valence-corrected chi connectivity index (χ1v) is 6.98. The van der Waals surface area contributed by atoms with Crippen molar-refractivity contribution in [2.45, 2.75) is 39.2 Å². The first-order valence-electron chi connectivity index (χ1n) is 6.98. The zero-order valence-electron chi connectivity index (χ0n) is 12.1. The Morgan fingerprint density at radius 3 is 2.65 bits per heavy atom. The number of rotatable bonds is 7. The number of amides is 2. The lowest BCUT2D eigenvalue weighted by atomic mass is 10.1. The summed E-state index contributed by atoms with van der Waals surface area (Å²) in [7, 11) is 0. The number of nitrogens with two attached hydrogens (primary N) is 1. The van der Waals surface area contributed by atoms with Crippen molar-refractivity contribution in [3.8, 4) is 0 Å². The molecule has 0 saturated carbocycles. The van der Waals surface area contributed by atoms with Gasteiger partial charge in [-0.05, 0) is 38.4 Å². The van der Waals surface area contributed by atoms with Gasteiger partial charge in [0, 0.05) is 12.5 Å². The van der Waals surface area contributed by atoms with Gasteiger partial charge in [0.2, 0.25) is 5.91 Å². The Bertz CT molecular complexity index is 460. The van der Waals surface area contributed by atoms with Crippen LogP contribution in [0.5, 0.6) is 0 Å². The van der Waals surface area contributed by atoms with E-state index in [-0.39, 0.29) is 17.9 Å². The third-order valence-corrected chi connectivity index (χ3v) is 3.04. The van der Waals surface area contributed by atoms with Gasteiger partial charge < -0.3 is 16.4 Å². The Hall–Kier alpha value is -1.88. The molecular weight excluding hydrogens is 254 g/mol. The maximum Gasteiger partial charge on any atom is 0.253 e. The van der Waals surface area contributed by atoms with Crippen LogP contribution in [0.2, 0.25) is 0 Å². The number of para-hydroxylation sites is 1. The number of nitrogens with one attached hydrogen (secondary N) is 2. The minimum Gasteiger partial charge on any atom is -0.350 e. The van der Waals surface area contributed by atoms with E-state index in [1.807, 2.05) is 13.8 Å². The maximum atomic E-state index is 12.1. The monoisotopic (exact) mass is 277 g/mol. The van der Waals surface area contributed by atoms with E-state index in [0.29, 0.717) is 30.6 Å². The van der Waals surface area contributed by atoms with Crippen molar-refractivity contribution in [2.24, 2.45) is 5.73 Å². The second-order valence-electron chi connectivity index (χ2n) is 4.77. The van der Waals surface area contributed by atoms with Gasteiger partial charge in [-0.3, -0.25) is 9.59 Å². The maximum absolute atomic E-state index is 12.1. The Balaban J connectivity index is 2.77. The van der Waals surface area contributed by atoms with Crippen molar-refractivity contribution < 1.29 is 9.59 Å². The summed E-state index contributed by atoms with van der Waals surface area (Å²) >= 11 is 0. The molecule has 20 heavy (non-hydrogen) atoms. The predicted molar refractivity (Wildman–Crippen MR) is 80.6 cm³/mol. The van der Waals surface area contributed by atoms with E-state index in [0.717, 1.165) is 6.42 Å². The van der Waals surface area contributed by atoms with Gasteiger partial charge in [-0.2, -0.15) is 0 Å². The van der Waals surface area contributed by atoms with E-state index in [1.165, 1.54) is 0 Å². The smallest absolute Gasteiger partial charge is 0.253 e. The van der Waals surface area contributed by atoms with Crippen LogP contribution in [0.25, 0.3) is 0 Å². The number of hydrogen-bond donors (Lipinski definition) is 3. The first-order chi connectivity index (χ1) is 9.58. The molecule has 5 heteroatoms. The average Bonchev–Trinajstić information content (AvgIpc) is 2.45. The number of benzene rings is 1. The normalized spacial score (nSPS) is 11.8. The second kappa shape index (κ2) is 8.32. The quantitative estimate of drug-likeness (QED) is 0.711. The summed E-state index contributed by atoms with van der Waals surface area (Å²) in [6.07, 6.45) is 1.85. The molecule has 1 aromatic rings.